The molecule has 0 radical (unpaired) electrons. The van der Waals surface area contributed by atoms with E-state index < -0.39 is 0 Å². The standard InChI is InChI=1S/C20H18BrNO2/c1-10-5-6-11-15(7-10)22-19-17(11)18(23)12-8-14(21)16(24-4)9-13(12)20(19,2)3/h5-9,22H,1-4H3. The van der Waals surface area contributed by atoms with Crippen molar-refractivity contribution in [3.05, 3.63) is 62.8 Å². The third-order valence-corrected chi connectivity index (χ3v) is 5.64. The van der Waals surface area contributed by atoms with Crippen molar-refractivity contribution in [2.24, 2.45) is 0 Å². The molecule has 1 aromatic heterocycles. The topological polar surface area (TPSA) is 42.1 Å². The van der Waals surface area contributed by atoms with Crippen LogP contribution in [0.1, 0.15) is 46.6 Å². The number of benzene rings is 2. The number of aryl methyl sites for hydroxylation is 1. The number of nitrogens with one attached hydrogen (secondary N) is 1. The maximum atomic E-state index is 13.2. The number of hydrogen-bond acceptors (Lipinski definition) is 2. The van der Waals surface area contributed by atoms with Gasteiger partial charge in [0.25, 0.3) is 0 Å². The number of ketones is 1. The van der Waals surface area contributed by atoms with Crippen LogP contribution in [0, 0.1) is 6.92 Å². The van der Waals surface area contributed by atoms with Crippen LogP contribution in [0.5, 0.6) is 5.75 Å². The van der Waals surface area contributed by atoms with E-state index in [1.165, 1.54) is 5.56 Å². The lowest BCUT2D eigenvalue weighted by molar-refractivity contribution is 0.103. The average molecular weight is 384 g/mol. The second-order valence-corrected chi connectivity index (χ2v) is 7.76. The van der Waals surface area contributed by atoms with Gasteiger partial charge in [-0.05, 0) is 52.2 Å². The largest absolute Gasteiger partial charge is 0.496 e. The maximum absolute atomic E-state index is 13.2. The van der Waals surface area contributed by atoms with E-state index >= 15 is 0 Å². The number of fused-ring (bicyclic) bond motifs is 4. The Balaban J connectivity index is 2.08. The number of rotatable bonds is 1. The molecule has 1 aliphatic rings. The molecule has 0 fully saturated rings. The number of carbonyl (C=O) groups is 1. The number of carbonyl (C=O) groups excluding carboxylic acids is 1. The molecule has 0 saturated carbocycles. The smallest absolute Gasteiger partial charge is 0.195 e. The van der Waals surface area contributed by atoms with Crippen molar-refractivity contribution < 1.29 is 9.53 Å². The van der Waals surface area contributed by atoms with Crippen LogP contribution in [0.15, 0.2) is 34.8 Å². The van der Waals surface area contributed by atoms with Crippen molar-refractivity contribution in [2.45, 2.75) is 26.2 Å². The molecule has 4 rings (SSSR count). The molecule has 0 spiro atoms. The quantitative estimate of drug-likeness (QED) is 0.633. The van der Waals surface area contributed by atoms with Gasteiger partial charge in [-0.25, -0.2) is 0 Å². The first kappa shape index (κ1) is 15.5. The molecule has 1 N–H and O–H groups in total. The van der Waals surface area contributed by atoms with Crippen LogP contribution in [0.2, 0.25) is 0 Å². The number of halogens is 1. The number of aromatic nitrogens is 1. The van der Waals surface area contributed by atoms with Crippen LogP contribution in [-0.4, -0.2) is 17.9 Å². The lowest BCUT2D eigenvalue weighted by atomic mass is 9.71. The Morgan fingerprint density at radius 1 is 1.17 bits per heavy atom. The summed E-state index contributed by atoms with van der Waals surface area (Å²) in [6, 6.07) is 10.0. The van der Waals surface area contributed by atoms with Gasteiger partial charge in [-0.3, -0.25) is 4.79 Å². The molecule has 1 heterocycles. The minimum absolute atomic E-state index is 0.0674. The summed E-state index contributed by atoms with van der Waals surface area (Å²) in [4.78, 5) is 16.7. The Kier molecular flexibility index (Phi) is 3.20. The van der Waals surface area contributed by atoms with Crippen molar-refractivity contribution in [2.75, 3.05) is 7.11 Å². The third kappa shape index (κ3) is 1.92. The van der Waals surface area contributed by atoms with Gasteiger partial charge in [-0.1, -0.05) is 26.0 Å². The molecule has 0 atom stereocenters. The van der Waals surface area contributed by atoms with E-state index in [9.17, 15) is 4.79 Å². The molecule has 24 heavy (non-hydrogen) atoms. The van der Waals surface area contributed by atoms with Crippen LogP contribution in [0.4, 0.5) is 0 Å². The predicted molar refractivity (Wildman–Crippen MR) is 99.3 cm³/mol. The summed E-state index contributed by atoms with van der Waals surface area (Å²) in [7, 11) is 1.64. The number of methoxy groups -OCH3 is 1. The second-order valence-electron chi connectivity index (χ2n) is 6.91. The van der Waals surface area contributed by atoms with E-state index in [-0.39, 0.29) is 11.2 Å². The van der Waals surface area contributed by atoms with Crippen LogP contribution in [0.3, 0.4) is 0 Å². The molecule has 0 bridgehead atoms. The Morgan fingerprint density at radius 3 is 2.62 bits per heavy atom. The van der Waals surface area contributed by atoms with E-state index in [0.29, 0.717) is 0 Å². The summed E-state index contributed by atoms with van der Waals surface area (Å²) < 4.78 is 6.23. The van der Waals surface area contributed by atoms with Gasteiger partial charge in [0.2, 0.25) is 0 Å². The van der Waals surface area contributed by atoms with E-state index in [0.717, 1.165) is 43.5 Å². The zero-order valence-electron chi connectivity index (χ0n) is 14.1. The molecule has 4 heteroatoms. The van der Waals surface area contributed by atoms with Crippen molar-refractivity contribution in [3.63, 3.8) is 0 Å². The van der Waals surface area contributed by atoms with Gasteiger partial charge in [0, 0.05) is 27.6 Å². The Labute approximate surface area is 149 Å². The van der Waals surface area contributed by atoms with Crippen molar-refractivity contribution >= 4 is 32.6 Å². The highest BCUT2D eigenvalue weighted by Crippen LogP contribution is 2.46. The van der Waals surface area contributed by atoms with Crippen molar-refractivity contribution in [3.8, 4) is 5.75 Å². The molecule has 0 aliphatic heterocycles. The molecular formula is C20H18BrNO2. The predicted octanol–water partition coefficient (Wildman–Crippen LogP) is 5.12. The van der Waals surface area contributed by atoms with Crippen LogP contribution in [-0.2, 0) is 5.41 Å². The zero-order valence-corrected chi connectivity index (χ0v) is 15.7. The number of hydrogen-bond donors (Lipinski definition) is 1. The summed E-state index contributed by atoms with van der Waals surface area (Å²) in [6.45, 7) is 6.35. The molecule has 0 saturated heterocycles. The third-order valence-electron chi connectivity index (χ3n) is 5.02. The molecule has 122 valence electrons. The van der Waals surface area contributed by atoms with Crippen molar-refractivity contribution in [1.29, 1.82) is 0 Å². The second kappa shape index (κ2) is 4.96. The van der Waals surface area contributed by atoms with Gasteiger partial charge in [-0.15, -0.1) is 0 Å². The minimum Gasteiger partial charge on any atom is -0.496 e. The number of H-pyrrole nitrogens is 1. The summed E-state index contributed by atoms with van der Waals surface area (Å²) >= 11 is 3.51. The Hall–Kier alpha value is -2.07. The zero-order chi connectivity index (χ0) is 17.2. The van der Waals surface area contributed by atoms with Gasteiger partial charge in [-0.2, -0.15) is 0 Å². The summed E-state index contributed by atoms with van der Waals surface area (Å²) in [5, 5.41) is 0.992. The monoisotopic (exact) mass is 383 g/mol. The molecule has 3 aromatic rings. The van der Waals surface area contributed by atoms with E-state index in [4.69, 9.17) is 4.74 Å². The first-order valence-corrected chi connectivity index (χ1v) is 8.69. The summed E-state index contributed by atoms with van der Waals surface area (Å²) in [5.41, 5.74) is 5.38. The van der Waals surface area contributed by atoms with Gasteiger partial charge in [0.1, 0.15) is 5.75 Å². The molecule has 0 unspecified atom stereocenters. The highest BCUT2D eigenvalue weighted by atomic mass is 79.9. The van der Waals surface area contributed by atoms with E-state index in [2.05, 4.69) is 53.8 Å². The van der Waals surface area contributed by atoms with E-state index in [1.807, 2.05) is 18.2 Å². The summed E-state index contributed by atoms with van der Waals surface area (Å²) in [5.74, 6) is 0.808. The minimum atomic E-state index is -0.306. The highest BCUT2D eigenvalue weighted by molar-refractivity contribution is 9.10. The molecule has 2 aromatic carbocycles. The lowest BCUT2D eigenvalue weighted by Crippen LogP contribution is -2.30. The Morgan fingerprint density at radius 2 is 1.92 bits per heavy atom. The number of ether oxygens (including phenoxy) is 1. The van der Waals surface area contributed by atoms with Gasteiger partial charge in [0.15, 0.2) is 5.78 Å². The fourth-order valence-electron chi connectivity index (χ4n) is 3.70. The lowest BCUT2D eigenvalue weighted by Gasteiger charge is -2.32. The van der Waals surface area contributed by atoms with E-state index in [1.54, 1.807) is 7.11 Å². The number of aromatic amines is 1. The fraction of sp³-hybridized carbons (Fsp3) is 0.250. The normalized spacial score (nSPS) is 15.3. The van der Waals surface area contributed by atoms with Crippen molar-refractivity contribution in [1.82, 2.24) is 4.98 Å². The maximum Gasteiger partial charge on any atom is 0.195 e. The first-order valence-electron chi connectivity index (χ1n) is 7.90. The van der Waals surface area contributed by atoms with Crippen LogP contribution < -0.4 is 4.74 Å². The van der Waals surface area contributed by atoms with Gasteiger partial charge >= 0.3 is 0 Å². The van der Waals surface area contributed by atoms with Gasteiger partial charge in [0.05, 0.1) is 17.1 Å². The van der Waals surface area contributed by atoms with Crippen LogP contribution in [0.25, 0.3) is 10.9 Å². The molecule has 0 amide bonds. The average Bonchev–Trinajstić information content (AvgIpc) is 2.92. The summed E-state index contributed by atoms with van der Waals surface area (Å²) in [6.07, 6.45) is 0. The highest BCUT2D eigenvalue weighted by Gasteiger charge is 2.40. The fourth-order valence-corrected chi connectivity index (χ4v) is 4.21. The first-order chi connectivity index (χ1) is 11.3. The molecule has 1 aliphatic carbocycles. The van der Waals surface area contributed by atoms with Crippen LogP contribution >= 0.6 is 15.9 Å². The SMILES string of the molecule is COc1cc2c(cc1Br)C(=O)c1c([nH]c3cc(C)ccc13)C2(C)C. The molecular weight excluding hydrogens is 366 g/mol. The van der Waals surface area contributed by atoms with Gasteiger partial charge < -0.3 is 9.72 Å². The Bertz CT molecular complexity index is 1010. The molecule has 3 nitrogen and oxygen atoms in total.